The van der Waals surface area contributed by atoms with Gasteiger partial charge in [0.2, 0.25) is 0 Å². The van der Waals surface area contributed by atoms with Crippen LogP contribution in [0.2, 0.25) is 5.02 Å². The second-order valence-electron chi connectivity index (χ2n) is 9.96. The van der Waals surface area contributed by atoms with E-state index in [-0.39, 0.29) is 23.4 Å². The fraction of sp³-hybridized carbons (Fsp3) is 0.400. The summed E-state index contributed by atoms with van der Waals surface area (Å²) in [7, 11) is 0. The summed E-state index contributed by atoms with van der Waals surface area (Å²) in [5.41, 5.74) is 0.824. The Hall–Kier alpha value is -2.47. The van der Waals surface area contributed by atoms with Crippen molar-refractivity contribution in [3.8, 4) is 11.1 Å². The highest BCUT2D eigenvalue weighted by Gasteiger charge is 2.37. The number of hydrogen-bond donors (Lipinski definition) is 0. The van der Waals surface area contributed by atoms with Gasteiger partial charge in [0, 0.05) is 5.56 Å². The molecular weight excluding hydrogens is 510 g/mol. The smallest absolute Gasteiger partial charge is 0.206 e. The van der Waals surface area contributed by atoms with E-state index in [9.17, 15) is 22.0 Å². The van der Waals surface area contributed by atoms with Crippen molar-refractivity contribution in [3.63, 3.8) is 0 Å². The molecule has 7 heteroatoms. The molecule has 0 nitrogen and oxygen atoms in total. The van der Waals surface area contributed by atoms with Crippen LogP contribution in [0.1, 0.15) is 73.6 Å². The average Bonchev–Trinajstić information content (AvgIpc) is 2.84. The zero-order valence-corrected chi connectivity index (χ0v) is 21.3. The van der Waals surface area contributed by atoms with Crippen LogP contribution in [0.5, 0.6) is 0 Å². The first kappa shape index (κ1) is 27.6. The molecule has 198 valence electrons. The van der Waals surface area contributed by atoms with Crippen LogP contribution in [0.3, 0.4) is 0 Å². The molecule has 0 radical (unpaired) electrons. The SMILES string of the molecule is CCCC1CCC(c2ccc(-c3ccc(CCc4cc(F)c(C(F)(F)F)c(F)c4)c(Cl)c3F)cc2)CC1. The molecule has 37 heavy (non-hydrogen) atoms. The third kappa shape index (κ3) is 6.34. The van der Waals surface area contributed by atoms with Gasteiger partial charge in [0.1, 0.15) is 23.0 Å². The van der Waals surface area contributed by atoms with Crippen LogP contribution in [0.25, 0.3) is 11.1 Å². The maximum absolute atomic E-state index is 15.2. The molecule has 0 amide bonds. The second-order valence-corrected chi connectivity index (χ2v) is 10.3. The van der Waals surface area contributed by atoms with Gasteiger partial charge in [-0.15, -0.1) is 0 Å². The lowest BCUT2D eigenvalue weighted by atomic mass is 9.77. The zero-order chi connectivity index (χ0) is 26.7. The summed E-state index contributed by atoms with van der Waals surface area (Å²) in [4.78, 5) is 0. The van der Waals surface area contributed by atoms with E-state index in [4.69, 9.17) is 11.6 Å². The lowest BCUT2D eigenvalue weighted by molar-refractivity contribution is -0.142. The Balaban J connectivity index is 1.45. The van der Waals surface area contributed by atoms with E-state index >= 15 is 4.39 Å². The van der Waals surface area contributed by atoms with Crippen molar-refractivity contribution in [1.82, 2.24) is 0 Å². The highest BCUT2D eigenvalue weighted by Crippen LogP contribution is 2.39. The van der Waals surface area contributed by atoms with Crippen LogP contribution in [-0.4, -0.2) is 0 Å². The Bertz CT molecular complexity index is 1200. The van der Waals surface area contributed by atoms with E-state index in [1.807, 2.05) is 12.1 Å². The average molecular weight is 539 g/mol. The molecule has 3 aromatic rings. The molecule has 0 unspecified atom stereocenters. The highest BCUT2D eigenvalue weighted by molar-refractivity contribution is 6.31. The first-order valence-electron chi connectivity index (χ1n) is 12.7. The van der Waals surface area contributed by atoms with Crippen LogP contribution in [0.4, 0.5) is 26.3 Å². The molecule has 0 aliphatic heterocycles. The number of rotatable bonds is 7. The third-order valence-electron chi connectivity index (χ3n) is 7.47. The van der Waals surface area contributed by atoms with Crippen molar-refractivity contribution >= 4 is 11.6 Å². The predicted octanol–water partition coefficient (Wildman–Crippen LogP) is 10.3. The molecule has 1 saturated carbocycles. The fourth-order valence-electron chi connectivity index (χ4n) is 5.45. The number of hydrogen-bond acceptors (Lipinski definition) is 0. The highest BCUT2D eigenvalue weighted by atomic mass is 35.5. The summed E-state index contributed by atoms with van der Waals surface area (Å²) in [5.74, 6) is -2.60. The maximum atomic E-state index is 15.2. The molecule has 4 rings (SSSR count). The number of alkyl halides is 3. The number of halogens is 7. The van der Waals surface area contributed by atoms with Gasteiger partial charge >= 0.3 is 6.18 Å². The van der Waals surface area contributed by atoms with Crippen LogP contribution >= 0.6 is 11.6 Å². The van der Waals surface area contributed by atoms with E-state index in [0.29, 0.717) is 34.7 Å². The van der Waals surface area contributed by atoms with Gasteiger partial charge < -0.3 is 0 Å². The molecule has 0 aromatic heterocycles. The van der Waals surface area contributed by atoms with Crippen molar-refractivity contribution in [2.45, 2.75) is 70.4 Å². The summed E-state index contributed by atoms with van der Waals surface area (Å²) in [6, 6.07) is 12.5. The van der Waals surface area contributed by atoms with Gasteiger partial charge in [-0.25, -0.2) is 13.2 Å². The molecular formula is C30H29ClF6. The molecule has 0 bridgehead atoms. The topological polar surface area (TPSA) is 0 Å². The number of benzene rings is 3. The normalized spacial score (nSPS) is 18.3. The molecule has 1 aliphatic carbocycles. The van der Waals surface area contributed by atoms with Crippen LogP contribution in [0, 0.1) is 23.4 Å². The van der Waals surface area contributed by atoms with Crippen molar-refractivity contribution in [2.75, 3.05) is 0 Å². The first-order valence-corrected chi connectivity index (χ1v) is 13.1. The van der Waals surface area contributed by atoms with Crippen LogP contribution in [-0.2, 0) is 19.0 Å². The minimum atomic E-state index is -5.12. The molecule has 1 aliphatic rings. The zero-order valence-electron chi connectivity index (χ0n) is 20.6. The van der Waals surface area contributed by atoms with Gasteiger partial charge in [0.15, 0.2) is 0 Å². The predicted molar refractivity (Wildman–Crippen MR) is 135 cm³/mol. The summed E-state index contributed by atoms with van der Waals surface area (Å²) >= 11 is 6.28. The van der Waals surface area contributed by atoms with E-state index < -0.39 is 29.2 Å². The Labute approximate surface area is 218 Å². The Morgan fingerprint density at radius 1 is 0.838 bits per heavy atom. The standard InChI is InChI=1S/C30H29ClF6/c1-2-3-18-4-7-20(8-5-18)21-10-12-22(13-11-21)24-15-14-23(28(31)29(24)34)9-6-19-16-25(32)27(26(33)17-19)30(35,36)37/h10-18,20H,2-9H2,1H3. The van der Waals surface area contributed by atoms with Crippen molar-refractivity contribution < 1.29 is 26.3 Å². The van der Waals surface area contributed by atoms with Gasteiger partial charge in [0.25, 0.3) is 0 Å². The van der Waals surface area contributed by atoms with E-state index in [0.717, 1.165) is 5.92 Å². The van der Waals surface area contributed by atoms with Crippen molar-refractivity contribution in [2.24, 2.45) is 5.92 Å². The second kappa shape index (κ2) is 11.5. The van der Waals surface area contributed by atoms with Gasteiger partial charge in [-0.2, -0.15) is 13.2 Å². The lowest BCUT2D eigenvalue weighted by Crippen LogP contribution is -2.13. The van der Waals surface area contributed by atoms with Gasteiger partial charge in [-0.1, -0.05) is 67.8 Å². The Morgan fingerprint density at radius 2 is 1.46 bits per heavy atom. The molecule has 0 heterocycles. The van der Waals surface area contributed by atoms with Crippen LogP contribution < -0.4 is 0 Å². The quantitative estimate of drug-likeness (QED) is 0.262. The van der Waals surface area contributed by atoms with Crippen molar-refractivity contribution in [3.05, 3.63) is 93.3 Å². The molecule has 1 fully saturated rings. The number of aryl methyl sites for hydroxylation is 2. The Kier molecular flexibility index (Phi) is 8.57. The summed E-state index contributed by atoms with van der Waals surface area (Å²) in [6.45, 7) is 2.23. The van der Waals surface area contributed by atoms with Gasteiger partial charge in [-0.05, 0) is 84.7 Å². The minimum Gasteiger partial charge on any atom is -0.206 e. The molecule has 0 N–H and O–H groups in total. The van der Waals surface area contributed by atoms with Crippen LogP contribution in [0.15, 0.2) is 48.5 Å². The fourth-order valence-corrected chi connectivity index (χ4v) is 5.71. The summed E-state index contributed by atoms with van der Waals surface area (Å²) in [6.07, 6.45) is 2.34. The first-order chi connectivity index (χ1) is 17.6. The van der Waals surface area contributed by atoms with E-state index in [2.05, 4.69) is 19.1 Å². The van der Waals surface area contributed by atoms with Gasteiger partial charge in [0.05, 0.1) is 5.02 Å². The molecule has 0 saturated heterocycles. The molecule has 0 spiro atoms. The minimum absolute atomic E-state index is 0.000315. The largest absolute Gasteiger partial charge is 0.422 e. The van der Waals surface area contributed by atoms with E-state index in [1.54, 1.807) is 12.1 Å². The molecule has 0 atom stereocenters. The van der Waals surface area contributed by atoms with Gasteiger partial charge in [-0.3, -0.25) is 0 Å². The maximum Gasteiger partial charge on any atom is 0.422 e. The monoisotopic (exact) mass is 538 g/mol. The molecule has 3 aromatic carbocycles. The third-order valence-corrected chi connectivity index (χ3v) is 7.88. The summed E-state index contributed by atoms with van der Waals surface area (Å²) < 4.78 is 81.3. The Morgan fingerprint density at radius 3 is 2.03 bits per heavy atom. The lowest BCUT2D eigenvalue weighted by Gasteiger charge is -2.28. The van der Waals surface area contributed by atoms with E-state index in [1.165, 1.54) is 44.1 Å². The summed E-state index contributed by atoms with van der Waals surface area (Å²) in [5, 5.41) is -0.108. The van der Waals surface area contributed by atoms with Crippen molar-refractivity contribution in [1.29, 1.82) is 0 Å².